The first-order chi connectivity index (χ1) is 17.9. The zero-order valence-corrected chi connectivity index (χ0v) is 23.4. The van der Waals surface area contributed by atoms with Gasteiger partial charge in [0.05, 0.1) is 37.5 Å². The number of hydrogen-bond donors (Lipinski definition) is 3. The van der Waals surface area contributed by atoms with Gasteiger partial charge in [0, 0.05) is 45.2 Å². The first-order valence-corrected chi connectivity index (χ1v) is 17.7. The number of alkyl halides is 2. The fourth-order valence-electron chi connectivity index (χ4n) is 4.51. The molecular formula is C24H34F2N6O4SSi. The molecule has 1 amide bonds. The van der Waals surface area contributed by atoms with E-state index in [0.717, 1.165) is 25.2 Å². The van der Waals surface area contributed by atoms with E-state index in [9.17, 15) is 22.0 Å². The predicted octanol–water partition coefficient (Wildman–Crippen LogP) is 3.23. The van der Waals surface area contributed by atoms with Crippen molar-refractivity contribution in [2.24, 2.45) is 0 Å². The van der Waals surface area contributed by atoms with Crippen LogP contribution in [0, 0.1) is 0 Å². The number of carbonyl (C=O) groups excluding carboxylic acids is 1. The van der Waals surface area contributed by atoms with Crippen molar-refractivity contribution in [2.45, 2.75) is 43.9 Å². The minimum Gasteiger partial charge on any atom is -0.395 e. The summed E-state index contributed by atoms with van der Waals surface area (Å²) in [6.07, 6.45) is 0.849. The van der Waals surface area contributed by atoms with Crippen LogP contribution in [0.3, 0.4) is 0 Å². The molecule has 0 saturated carbocycles. The minimum atomic E-state index is -3.72. The number of hydrogen-bond acceptors (Lipinski definition) is 8. The Bertz CT molecular complexity index is 1260. The second-order valence-electron chi connectivity index (χ2n) is 10.6. The van der Waals surface area contributed by atoms with Crippen molar-refractivity contribution in [3.05, 3.63) is 36.2 Å². The highest BCUT2D eigenvalue weighted by molar-refractivity contribution is 7.92. The maximum absolute atomic E-state index is 13.6. The van der Waals surface area contributed by atoms with Crippen LogP contribution in [0.2, 0.25) is 25.2 Å². The monoisotopic (exact) mass is 568 g/mol. The molecule has 2 aromatic rings. The van der Waals surface area contributed by atoms with Gasteiger partial charge in [0.1, 0.15) is 5.69 Å². The predicted molar refractivity (Wildman–Crippen MR) is 147 cm³/mol. The molecule has 14 heteroatoms. The summed E-state index contributed by atoms with van der Waals surface area (Å²) >= 11 is 0. The number of anilines is 4. The highest BCUT2D eigenvalue weighted by atomic mass is 32.2. The molecule has 4 rings (SSSR count). The van der Waals surface area contributed by atoms with Crippen molar-refractivity contribution < 1.29 is 27.1 Å². The summed E-state index contributed by atoms with van der Waals surface area (Å²) in [6, 6.07) is 8.45. The summed E-state index contributed by atoms with van der Waals surface area (Å²) in [5.41, 5.74) is 1.61. The second kappa shape index (κ2) is 11.1. The molecule has 0 unspecified atom stereocenters. The molecule has 0 atom stereocenters. The van der Waals surface area contributed by atoms with Gasteiger partial charge in [0.2, 0.25) is 16.0 Å². The number of rotatable bonds is 8. The average molecular weight is 569 g/mol. The van der Waals surface area contributed by atoms with E-state index in [1.165, 1.54) is 12.3 Å². The van der Waals surface area contributed by atoms with Gasteiger partial charge in [-0.2, -0.15) is 0 Å². The van der Waals surface area contributed by atoms with Crippen molar-refractivity contribution in [3.63, 3.8) is 0 Å². The number of nitrogens with zero attached hydrogens (tertiary/aromatic N) is 4. The topological polar surface area (TPSA) is 128 Å². The van der Waals surface area contributed by atoms with Crippen molar-refractivity contribution in [1.29, 1.82) is 0 Å². The number of aromatic nitrogens is 2. The third-order valence-electron chi connectivity index (χ3n) is 6.99. The van der Waals surface area contributed by atoms with E-state index < -0.39 is 42.3 Å². The van der Waals surface area contributed by atoms with Crippen LogP contribution in [-0.2, 0) is 10.0 Å². The van der Waals surface area contributed by atoms with Crippen molar-refractivity contribution >= 4 is 47.0 Å². The Balaban J connectivity index is 1.56. The van der Waals surface area contributed by atoms with E-state index in [0.29, 0.717) is 17.1 Å². The molecule has 2 aliphatic heterocycles. The summed E-state index contributed by atoms with van der Waals surface area (Å²) in [7, 11) is -5.02. The lowest BCUT2D eigenvalue weighted by Gasteiger charge is -2.38. The second-order valence-corrected chi connectivity index (χ2v) is 17.7. The van der Waals surface area contributed by atoms with Gasteiger partial charge >= 0.3 is 0 Å². The lowest BCUT2D eigenvalue weighted by atomic mass is 10.1. The third-order valence-corrected chi connectivity index (χ3v) is 11.4. The molecule has 2 fully saturated rings. The molecule has 38 heavy (non-hydrogen) atoms. The number of nitrogens with one attached hydrogen (secondary N) is 2. The summed E-state index contributed by atoms with van der Waals surface area (Å²) in [6.45, 7) is 5.95. The number of aliphatic hydroxyl groups excluding tert-OH is 1. The Morgan fingerprint density at radius 3 is 2.45 bits per heavy atom. The van der Waals surface area contributed by atoms with Crippen molar-refractivity contribution in [1.82, 2.24) is 9.97 Å². The number of aliphatic hydroxyl groups is 1. The van der Waals surface area contributed by atoms with Crippen molar-refractivity contribution in [2.75, 3.05) is 58.4 Å². The number of piperidine rings is 1. The SMILES string of the molecule is C[Si]1(C)CCN(c2cc(NS(=O)(=O)CCO)ccc2NC(=O)c2ccnc(N3CCC(F)(F)CC3)n2)CC1. The van der Waals surface area contributed by atoms with E-state index in [1.54, 1.807) is 23.1 Å². The molecule has 1 aromatic carbocycles. The van der Waals surface area contributed by atoms with Crippen LogP contribution in [-0.4, -0.2) is 81.9 Å². The first-order valence-electron chi connectivity index (χ1n) is 12.6. The Morgan fingerprint density at radius 1 is 1.11 bits per heavy atom. The van der Waals surface area contributed by atoms with Gasteiger partial charge < -0.3 is 20.2 Å². The summed E-state index contributed by atoms with van der Waals surface area (Å²) in [4.78, 5) is 25.5. The number of amides is 1. The molecule has 2 saturated heterocycles. The Labute approximate surface area is 222 Å². The molecule has 0 spiro atoms. The number of halogens is 2. The highest BCUT2D eigenvalue weighted by Gasteiger charge is 2.35. The third kappa shape index (κ3) is 7.17. The van der Waals surface area contributed by atoms with Crippen LogP contribution in [0.25, 0.3) is 0 Å². The van der Waals surface area contributed by atoms with E-state index in [1.807, 2.05) is 0 Å². The molecule has 0 bridgehead atoms. The van der Waals surface area contributed by atoms with E-state index in [-0.39, 0.29) is 37.6 Å². The fraction of sp³-hybridized carbons (Fsp3) is 0.542. The Morgan fingerprint density at radius 2 is 1.79 bits per heavy atom. The maximum Gasteiger partial charge on any atom is 0.274 e. The minimum absolute atomic E-state index is 0.0955. The van der Waals surface area contributed by atoms with E-state index in [4.69, 9.17) is 5.11 Å². The fourth-order valence-corrected chi connectivity index (χ4v) is 7.34. The molecule has 10 nitrogen and oxygen atoms in total. The van der Waals surface area contributed by atoms with E-state index >= 15 is 0 Å². The van der Waals surface area contributed by atoms with Gasteiger partial charge in [-0.1, -0.05) is 13.1 Å². The highest BCUT2D eigenvalue weighted by Crippen LogP contribution is 2.35. The van der Waals surface area contributed by atoms with Gasteiger partial charge in [-0.25, -0.2) is 27.2 Å². The molecule has 3 heterocycles. The zero-order chi connectivity index (χ0) is 27.6. The lowest BCUT2D eigenvalue weighted by Crippen LogP contribution is -2.43. The van der Waals surface area contributed by atoms with Gasteiger partial charge in [0.25, 0.3) is 11.8 Å². The number of benzene rings is 1. The summed E-state index contributed by atoms with van der Waals surface area (Å²) < 4.78 is 54.0. The number of sulfonamides is 1. The normalized spacial score (nSPS) is 19.2. The maximum atomic E-state index is 13.6. The zero-order valence-electron chi connectivity index (χ0n) is 21.6. The van der Waals surface area contributed by atoms with Gasteiger partial charge in [-0.3, -0.25) is 9.52 Å². The van der Waals surface area contributed by atoms with Crippen LogP contribution < -0.4 is 19.8 Å². The van der Waals surface area contributed by atoms with Crippen LogP contribution in [0.5, 0.6) is 0 Å². The van der Waals surface area contributed by atoms with Crippen LogP contribution in [0.1, 0.15) is 23.3 Å². The standard InChI is InChI=1S/C24H34F2N6O4SSi/c1-38(2)15-11-31(12-16-38)21-17-18(30-37(35,36)14-13-33)3-4-19(21)28-22(34)20-5-8-27-23(29-20)32-9-6-24(25,26)7-10-32/h3-5,8,17,30,33H,6-7,9-16H2,1-2H3,(H,28,34). The van der Waals surface area contributed by atoms with Gasteiger partial charge in [0.15, 0.2) is 0 Å². The largest absolute Gasteiger partial charge is 0.395 e. The van der Waals surface area contributed by atoms with E-state index in [2.05, 4.69) is 38.0 Å². The molecular weight excluding hydrogens is 534 g/mol. The molecule has 1 aromatic heterocycles. The summed E-state index contributed by atoms with van der Waals surface area (Å²) in [5.74, 6) is -3.38. The Kier molecular flexibility index (Phi) is 8.23. The van der Waals surface area contributed by atoms with Gasteiger partial charge in [-0.15, -0.1) is 0 Å². The molecule has 0 radical (unpaired) electrons. The molecule has 0 aliphatic carbocycles. The average Bonchev–Trinajstić information content (AvgIpc) is 2.85. The Hall–Kier alpha value is -2.84. The number of carbonyl (C=O) groups is 1. The lowest BCUT2D eigenvalue weighted by molar-refractivity contribution is -0.0222. The molecule has 2 aliphatic rings. The smallest absolute Gasteiger partial charge is 0.274 e. The van der Waals surface area contributed by atoms with Gasteiger partial charge in [-0.05, 0) is 36.4 Å². The van der Waals surface area contributed by atoms with Crippen LogP contribution in [0.15, 0.2) is 30.5 Å². The first kappa shape index (κ1) is 28.2. The quantitative estimate of drug-likeness (QED) is 0.414. The summed E-state index contributed by atoms with van der Waals surface area (Å²) in [5, 5.41) is 11.9. The molecule has 208 valence electrons. The molecule has 3 N–H and O–H groups in total. The van der Waals surface area contributed by atoms with Crippen LogP contribution >= 0.6 is 0 Å². The van der Waals surface area contributed by atoms with Crippen molar-refractivity contribution in [3.8, 4) is 0 Å². The van der Waals surface area contributed by atoms with Crippen LogP contribution in [0.4, 0.5) is 31.8 Å².